The predicted molar refractivity (Wildman–Crippen MR) is 54.8 cm³/mol. The summed E-state index contributed by atoms with van der Waals surface area (Å²) in [7, 11) is 0. The third kappa shape index (κ3) is 2.08. The van der Waals surface area contributed by atoms with Gasteiger partial charge in [0.1, 0.15) is 0 Å². The van der Waals surface area contributed by atoms with E-state index >= 15 is 0 Å². The van der Waals surface area contributed by atoms with Crippen LogP contribution in [0.3, 0.4) is 0 Å². The Morgan fingerprint density at radius 3 is 2.71 bits per heavy atom. The van der Waals surface area contributed by atoms with Gasteiger partial charge in [-0.3, -0.25) is 5.32 Å². The zero-order chi connectivity index (χ0) is 12.8. The van der Waals surface area contributed by atoms with E-state index in [0.717, 1.165) is 0 Å². The van der Waals surface area contributed by atoms with Gasteiger partial charge in [-0.1, -0.05) is 11.6 Å². The molecule has 8 heteroatoms. The van der Waals surface area contributed by atoms with Crippen LogP contribution in [0.5, 0.6) is 0 Å². The molecular weight excluding hydrogens is 282 g/mol. The minimum atomic E-state index is -4.87. The second-order valence-electron chi connectivity index (χ2n) is 3.90. The molecule has 1 amide bonds. The molecule has 0 aromatic carbocycles. The fourth-order valence-corrected chi connectivity index (χ4v) is 2.45. The van der Waals surface area contributed by atoms with Gasteiger partial charge >= 0.3 is 17.3 Å². The smallest absolute Gasteiger partial charge is 0.413 e. The van der Waals surface area contributed by atoms with Crippen LogP contribution in [0.4, 0.5) is 18.0 Å². The Kier molecular flexibility index (Phi) is 2.98. The number of amides is 1. The van der Waals surface area contributed by atoms with Gasteiger partial charge in [0.05, 0.1) is 0 Å². The number of nitrogens with one attached hydrogen (secondary N) is 1. The van der Waals surface area contributed by atoms with E-state index in [1.165, 1.54) is 0 Å². The van der Waals surface area contributed by atoms with Crippen LogP contribution in [0.25, 0.3) is 0 Å². The molecule has 0 saturated carbocycles. The number of hydrogen-bond acceptors (Lipinski definition) is 2. The van der Waals surface area contributed by atoms with Gasteiger partial charge in [0.15, 0.2) is 0 Å². The SMILES string of the molecule is O=C1NC2=C(CC(Cl)CC2)C(Cl)(C(F)(F)F)O1. The molecule has 0 saturated heterocycles. The molecule has 1 heterocycles. The molecule has 1 aliphatic heterocycles. The van der Waals surface area contributed by atoms with E-state index in [1.807, 2.05) is 0 Å². The number of hydrogen-bond donors (Lipinski definition) is 1. The first-order chi connectivity index (χ1) is 7.74. The van der Waals surface area contributed by atoms with E-state index < -0.39 is 22.7 Å². The molecule has 2 atom stereocenters. The number of carbonyl (C=O) groups excluding carboxylic acids is 1. The van der Waals surface area contributed by atoms with Gasteiger partial charge in [-0.25, -0.2) is 4.79 Å². The fourth-order valence-electron chi connectivity index (χ4n) is 1.93. The summed E-state index contributed by atoms with van der Waals surface area (Å²) in [5, 5.41) is -1.28. The molecule has 1 N–H and O–H groups in total. The zero-order valence-corrected chi connectivity index (χ0v) is 9.92. The summed E-state index contributed by atoms with van der Waals surface area (Å²) in [5.74, 6) is 0. The van der Waals surface area contributed by atoms with Crippen molar-refractivity contribution in [1.29, 1.82) is 0 Å². The number of allylic oxidation sites excluding steroid dienone is 1. The quantitative estimate of drug-likeness (QED) is 0.695. The maximum atomic E-state index is 12.9. The van der Waals surface area contributed by atoms with Crippen molar-refractivity contribution in [2.24, 2.45) is 0 Å². The third-order valence-corrected chi connectivity index (χ3v) is 3.63. The molecule has 0 radical (unpaired) electrons. The predicted octanol–water partition coefficient (Wildman–Crippen LogP) is 3.27. The van der Waals surface area contributed by atoms with Crippen LogP contribution in [0, 0.1) is 0 Å². The van der Waals surface area contributed by atoms with Crippen molar-refractivity contribution in [3.05, 3.63) is 11.3 Å². The molecule has 2 rings (SSSR count). The van der Waals surface area contributed by atoms with Gasteiger partial charge in [-0.15, -0.1) is 11.6 Å². The number of carbonyl (C=O) groups is 1. The van der Waals surface area contributed by atoms with Gasteiger partial charge in [0, 0.05) is 16.6 Å². The number of halogens is 5. The average Bonchev–Trinajstić information content (AvgIpc) is 2.17. The summed E-state index contributed by atoms with van der Waals surface area (Å²) in [6.45, 7) is 0. The highest BCUT2D eigenvalue weighted by Gasteiger charge is 2.62. The summed E-state index contributed by atoms with van der Waals surface area (Å²) >= 11 is 11.3. The Morgan fingerprint density at radius 2 is 2.12 bits per heavy atom. The fraction of sp³-hybridized carbons (Fsp3) is 0.667. The molecule has 2 aliphatic rings. The lowest BCUT2D eigenvalue weighted by atomic mass is 9.90. The zero-order valence-electron chi connectivity index (χ0n) is 8.40. The number of alkyl halides is 5. The van der Waals surface area contributed by atoms with Crippen LogP contribution in [0.15, 0.2) is 11.3 Å². The lowest BCUT2D eigenvalue weighted by Crippen LogP contribution is -2.53. The van der Waals surface area contributed by atoms with Crippen LogP contribution >= 0.6 is 23.2 Å². The summed E-state index contributed by atoms with van der Waals surface area (Å²) in [6, 6.07) is 0. The first kappa shape index (κ1) is 12.8. The molecule has 0 aromatic rings. The van der Waals surface area contributed by atoms with Crippen LogP contribution in [-0.2, 0) is 4.74 Å². The van der Waals surface area contributed by atoms with Crippen molar-refractivity contribution in [2.45, 2.75) is 35.9 Å². The summed E-state index contributed by atoms with van der Waals surface area (Å²) in [6.07, 6.45) is -5.38. The monoisotopic (exact) mass is 289 g/mol. The van der Waals surface area contributed by atoms with E-state index in [0.29, 0.717) is 6.42 Å². The van der Waals surface area contributed by atoms with Gasteiger partial charge in [-0.2, -0.15) is 13.2 Å². The molecule has 17 heavy (non-hydrogen) atoms. The van der Waals surface area contributed by atoms with Crippen LogP contribution in [0.2, 0.25) is 0 Å². The van der Waals surface area contributed by atoms with E-state index in [4.69, 9.17) is 23.2 Å². The van der Waals surface area contributed by atoms with Crippen molar-refractivity contribution in [3.63, 3.8) is 0 Å². The minimum absolute atomic E-state index is 0.0554. The molecular formula is C9H8Cl2F3NO2. The molecule has 2 unspecified atom stereocenters. The van der Waals surface area contributed by atoms with E-state index in [1.54, 1.807) is 0 Å². The van der Waals surface area contributed by atoms with Gasteiger partial charge < -0.3 is 4.74 Å². The van der Waals surface area contributed by atoms with E-state index in [2.05, 4.69) is 10.1 Å². The van der Waals surface area contributed by atoms with Gasteiger partial charge in [-0.05, 0) is 19.3 Å². The Labute approximate surface area is 105 Å². The Bertz CT molecular complexity index is 396. The maximum Gasteiger partial charge on any atom is 0.447 e. The molecule has 3 nitrogen and oxygen atoms in total. The van der Waals surface area contributed by atoms with Crippen molar-refractivity contribution in [3.8, 4) is 0 Å². The molecule has 96 valence electrons. The highest BCUT2D eigenvalue weighted by molar-refractivity contribution is 6.27. The van der Waals surface area contributed by atoms with Crippen molar-refractivity contribution < 1.29 is 22.7 Å². The first-order valence-electron chi connectivity index (χ1n) is 4.86. The normalized spacial score (nSPS) is 33.9. The van der Waals surface area contributed by atoms with Gasteiger partial charge in [0.2, 0.25) is 0 Å². The number of cyclic esters (lactones) is 1. The van der Waals surface area contributed by atoms with Crippen LogP contribution < -0.4 is 5.32 Å². The van der Waals surface area contributed by atoms with Crippen LogP contribution in [0.1, 0.15) is 19.3 Å². The second kappa shape index (κ2) is 3.95. The lowest BCUT2D eigenvalue weighted by Gasteiger charge is -2.39. The third-order valence-electron chi connectivity index (χ3n) is 2.74. The van der Waals surface area contributed by atoms with E-state index in [-0.39, 0.29) is 24.1 Å². The molecule has 1 aliphatic carbocycles. The Morgan fingerprint density at radius 1 is 1.47 bits per heavy atom. The Hall–Kier alpha value is -0.620. The molecule has 0 spiro atoms. The Balaban J connectivity index is 2.47. The summed E-state index contributed by atoms with van der Waals surface area (Å²) < 4.78 is 42.9. The van der Waals surface area contributed by atoms with Crippen LogP contribution in [-0.4, -0.2) is 22.7 Å². The van der Waals surface area contributed by atoms with Crippen molar-refractivity contribution >= 4 is 29.3 Å². The van der Waals surface area contributed by atoms with E-state index in [9.17, 15) is 18.0 Å². The largest absolute Gasteiger partial charge is 0.447 e. The lowest BCUT2D eigenvalue weighted by molar-refractivity contribution is -0.213. The molecule has 0 aromatic heterocycles. The maximum absolute atomic E-state index is 12.9. The highest BCUT2D eigenvalue weighted by atomic mass is 35.5. The number of alkyl carbamates (subject to hydrolysis) is 1. The minimum Gasteiger partial charge on any atom is -0.413 e. The first-order valence-corrected chi connectivity index (χ1v) is 5.67. The van der Waals surface area contributed by atoms with Crippen molar-refractivity contribution in [2.75, 3.05) is 0 Å². The highest BCUT2D eigenvalue weighted by Crippen LogP contribution is 2.49. The average molecular weight is 290 g/mol. The topological polar surface area (TPSA) is 38.3 Å². The second-order valence-corrected chi connectivity index (χ2v) is 5.05. The number of rotatable bonds is 0. The molecule has 0 fully saturated rings. The van der Waals surface area contributed by atoms with Gasteiger partial charge in [0.25, 0.3) is 0 Å². The summed E-state index contributed by atoms with van der Waals surface area (Å²) in [4.78, 5) is 11.1. The van der Waals surface area contributed by atoms with Crippen molar-refractivity contribution in [1.82, 2.24) is 5.32 Å². The molecule has 0 bridgehead atoms. The summed E-state index contributed by atoms with van der Waals surface area (Å²) in [5.41, 5.74) is -0.0250. The number of ether oxygens (including phenoxy) is 1. The standard InChI is InChI=1S/C9H8Cl2F3NO2/c10-4-1-2-6-5(3-4)8(11,9(12,13)14)17-7(16)15-6/h4H,1-3H2,(H,15,16).